The molecule has 0 saturated heterocycles. The fourth-order valence-corrected chi connectivity index (χ4v) is 1.41. The van der Waals surface area contributed by atoms with Gasteiger partial charge in [-0.3, -0.25) is 0 Å². The fourth-order valence-electron chi connectivity index (χ4n) is 1.41. The molecular formula is C12H14FN3O2. The summed E-state index contributed by atoms with van der Waals surface area (Å²) >= 11 is 0. The van der Waals surface area contributed by atoms with Crippen LogP contribution in [0.5, 0.6) is 5.75 Å². The number of nitrogens with two attached hydrogens (primary N) is 1. The second kappa shape index (κ2) is 5.59. The quantitative estimate of drug-likeness (QED) is 0.875. The van der Waals surface area contributed by atoms with Crippen LogP contribution >= 0.6 is 0 Å². The van der Waals surface area contributed by atoms with E-state index >= 15 is 0 Å². The standard InChI is InChI=1S/C12H14FN3O2/c1-8(14)5-12-15-11(16-18-12)7-17-10-4-2-3-9(13)6-10/h2-4,6,8H,5,7,14H2,1H3. The Morgan fingerprint density at radius 2 is 2.33 bits per heavy atom. The van der Waals surface area contributed by atoms with Crippen LogP contribution in [0.1, 0.15) is 18.6 Å². The summed E-state index contributed by atoms with van der Waals surface area (Å²) in [7, 11) is 0. The lowest BCUT2D eigenvalue weighted by atomic mass is 10.2. The largest absolute Gasteiger partial charge is 0.485 e. The fraction of sp³-hybridized carbons (Fsp3) is 0.333. The van der Waals surface area contributed by atoms with Crippen LogP contribution in [0, 0.1) is 5.82 Å². The molecule has 2 aromatic rings. The van der Waals surface area contributed by atoms with Gasteiger partial charge in [0.1, 0.15) is 11.6 Å². The molecule has 96 valence electrons. The van der Waals surface area contributed by atoms with Gasteiger partial charge >= 0.3 is 0 Å². The third-order valence-electron chi connectivity index (χ3n) is 2.17. The smallest absolute Gasteiger partial charge is 0.228 e. The molecule has 0 fully saturated rings. The molecule has 0 aliphatic carbocycles. The minimum absolute atomic E-state index is 0.0394. The SMILES string of the molecule is CC(N)Cc1nc(COc2cccc(F)c2)no1. The Morgan fingerprint density at radius 1 is 1.50 bits per heavy atom. The summed E-state index contributed by atoms with van der Waals surface area (Å²) in [6.45, 7) is 1.99. The van der Waals surface area contributed by atoms with Crippen molar-refractivity contribution in [2.24, 2.45) is 5.73 Å². The van der Waals surface area contributed by atoms with Gasteiger partial charge in [0.25, 0.3) is 0 Å². The van der Waals surface area contributed by atoms with Crippen molar-refractivity contribution in [1.29, 1.82) is 0 Å². The normalized spacial score (nSPS) is 12.4. The molecule has 5 nitrogen and oxygen atoms in total. The molecule has 1 heterocycles. The molecule has 1 unspecified atom stereocenters. The number of nitrogens with zero attached hydrogens (tertiary/aromatic N) is 2. The first kappa shape index (κ1) is 12.5. The van der Waals surface area contributed by atoms with Crippen LogP contribution in [0.25, 0.3) is 0 Å². The van der Waals surface area contributed by atoms with Crippen molar-refractivity contribution in [2.75, 3.05) is 0 Å². The predicted molar refractivity (Wildman–Crippen MR) is 62.4 cm³/mol. The molecule has 0 radical (unpaired) electrons. The van der Waals surface area contributed by atoms with Gasteiger partial charge < -0.3 is 15.0 Å². The van der Waals surface area contributed by atoms with Crippen molar-refractivity contribution in [3.8, 4) is 5.75 Å². The maximum Gasteiger partial charge on any atom is 0.228 e. The van der Waals surface area contributed by atoms with E-state index in [0.717, 1.165) is 0 Å². The Morgan fingerprint density at radius 3 is 3.06 bits per heavy atom. The van der Waals surface area contributed by atoms with Crippen molar-refractivity contribution in [3.63, 3.8) is 0 Å². The number of hydrogen-bond acceptors (Lipinski definition) is 5. The van der Waals surface area contributed by atoms with Crippen LogP contribution in [0.2, 0.25) is 0 Å². The Hall–Kier alpha value is -1.95. The van der Waals surface area contributed by atoms with E-state index in [2.05, 4.69) is 10.1 Å². The Labute approximate surface area is 104 Å². The number of rotatable bonds is 5. The molecule has 0 amide bonds. The van der Waals surface area contributed by atoms with Gasteiger partial charge in [-0.05, 0) is 19.1 Å². The van der Waals surface area contributed by atoms with Gasteiger partial charge in [0.05, 0.1) is 0 Å². The van der Waals surface area contributed by atoms with E-state index in [9.17, 15) is 4.39 Å². The third-order valence-corrected chi connectivity index (χ3v) is 2.17. The molecule has 1 atom stereocenters. The second-order valence-electron chi connectivity index (χ2n) is 4.03. The molecule has 2 N–H and O–H groups in total. The van der Waals surface area contributed by atoms with Crippen LogP contribution in [-0.2, 0) is 13.0 Å². The van der Waals surface area contributed by atoms with Gasteiger partial charge in [-0.1, -0.05) is 11.2 Å². The topological polar surface area (TPSA) is 74.2 Å². The number of ether oxygens (including phenoxy) is 1. The molecular weight excluding hydrogens is 237 g/mol. The van der Waals surface area contributed by atoms with Crippen LogP contribution in [0.3, 0.4) is 0 Å². The molecule has 2 rings (SSSR count). The lowest BCUT2D eigenvalue weighted by molar-refractivity contribution is 0.283. The Balaban J connectivity index is 1.92. The van der Waals surface area contributed by atoms with Crippen molar-refractivity contribution < 1.29 is 13.7 Å². The van der Waals surface area contributed by atoms with Crippen LogP contribution in [0.4, 0.5) is 4.39 Å². The van der Waals surface area contributed by atoms with Gasteiger partial charge in [0, 0.05) is 18.5 Å². The van der Waals surface area contributed by atoms with E-state index in [4.69, 9.17) is 15.0 Å². The molecule has 0 spiro atoms. The second-order valence-corrected chi connectivity index (χ2v) is 4.03. The van der Waals surface area contributed by atoms with Gasteiger partial charge in [0.2, 0.25) is 11.7 Å². The molecule has 6 heteroatoms. The summed E-state index contributed by atoms with van der Waals surface area (Å²) < 4.78 is 23.2. The number of hydrogen-bond donors (Lipinski definition) is 1. The minimum atomic E-state index is -0.349. The van der Waals surface area contributed by atoms with Crippen LogP contribution in [-0.4, -0.2) is 16.2 Å². The zero-order valence-electron chi connectivity index (χ0n) is 9.97. The van der Waals surface area contributed by atoms with E-state index in [1.807, 2.05) is 6.92 Å². The number of halogens is 1. The average molecular weight is 251 g/mol. The predicted octanol–water partition coefficient (Wildman–Crippen LogP) is 1.68. The first-order valence-electron chi connectivity index (χ1n) is 5.59. The monoisotopic (exact) mass is 251 g/mol. The summed E-state index contributed by atoms with van der Waals surface area (Å²) in [5.41, 5.74) is 5.61. The highest BCUT2D eigenvalue weighted by Crippen LogP contribution is 2.13. The highest BCUT2D eigenvalue weighted by molar-refractivity contribution is 5.22. The maximum atomic E-state index is 12.9. The maximum absolute atomic E-state index is 12.9. The van der Waals surface area contributed by atoms with Crippen molar-refractivity contribution in [3.05, 3.63) is 41.8 Å². The molecule has 0 aliphatic heterocycles. The van der Waals surface area contributed by atoms with Crippen molar-refractivity contribution >= 4 is 0 Å². The Bertz CT molecular complexity index is 514. The number of aromatic nitrogens is 2. The van der Waals surface area contributed by atoms with Crippen LogP contribution < -0.4 is 10.5 Å². The van der Waals surface area contributed by atoms with Crippen molar-refractivity contribution in [2.45, 2.75) is 26.0 Å². The summed E-state index contributed by atoms with van der Waals surface area (Å²) in [6, 6.07) is 5.83. The van der Waals surface area contributed by atoms with E-state index in [1.165, 1.54) is 12.1 Å². The van der Waals surface area contributed by atoms with E-state index in [-0.39, 0.29) is 18.5 Å². The molecule has 0 bridgehead atoms. The van der Waals surface area contributed by atoms with E-state index in [0.29, 0.717) is 23.9 Å². The molecule has 0 saturated carbocycles. The third kappa shape index (κ3) is 3.53. The first-order valence-corrected chi connectivity index (χ1v) is 5.59. The highest BCUT2D eigenvalue weighted by atomic mass is 19.1. The summed E-state index contributed by atoms with van der Waals surface area (Å²) in [5, 5.41) is 3.75. The van der Waals surface area contributed by atoms with Gasteiger partial charge in [0.15, 0.2) is 6.61 Å². The lowest BCUT2D eigenvalue weighted by Gasteiger charge is -2.02. The zero-order chi connectivity index (χ0) is 13.0. The van der Waals surface area contributed by atoms with Gasteiger partial charge in [-0.15, -0.1) is 0 Å². The van der Waals surface area contributed by atoms with E-state index < -0.39 is 0 Å². The summed E-state index contributed by atoms with van der Waals surface area (Å²) in [6.07, 6.45) is 0.521. The molecule has 0 aliphatic rings. The molecule has 1 aromatic carbocycles. The first-order chi connectivity index (χ1) is 8.63. The summed E-state index contributed by atoms with van der Waals surface area (Å²) in [4.78, 5) is 4.11. The average Bonchev–Trinajstić information content (AvgIpc) is 2.73. The van der Waals surface area contributed by atoms with Crippen LogP contribution in [0.15, 0.2) is 28.8 Å². The lowest BCUT2D eigenvalue weighted by Crippen LogP contribution is -2.17. The number of benzene rings is 1. The summed E-state index contributed by atoms with van der Waals surface area (Å²) in [5.74, 6) is 0.963. The Kier molecular flexibility index (Phi) is 3.88. The minimum Gasteiger partial charge on any atom is -0.485 e. The van der Waals surface area contributed by atoms with Gasteiger partial charge in [-0.2, -0.15) is 4.98 Å². The van der Waals surface area contributed by atoms with Gasteiger partial charge in [-0.25, -0.2) is 4.39 Å². The van der Waals surface area contributed by atoms with Crippen molar-refractivity contribution in [1.82, 2.24) is 10.1 Å². The molecule has 18 heavy (non-hydrogen) atoms. The zero-order valence-corrected chi connectivity index (χ0v) is 9.97. The highest BCUT2D eigenvalue weighted by Gasteiger charge is 2.08. The molecule has 1 aromatic heterocycles. The van der Waals surface area contributed by atoms with E-state index in [1.54, 1.807) is 12.1 Å².